The van der Waals surface area contributed by atoms with Crippen molar-refractivity contribution in [2.75, 3.05) is 12.8 Å². The fourth-order valence-electron chi connectivity index (χ4n) is 3.02. The summed E-state index contributed by atoms with van der Waals surface area (Å²) in [5.74, 6) is 0.818. The lowest BCUT2D eigenvalue weighted by Crippen LogP contribution is -2.38. The van der Waals surface area contributed by atoms with Crippen LogP contribution < -0.4 is 5.73 Å². The third-order valence-corrected chi connectivity index (χ3v) is 4.11. The highest BCUT2D eigenvalue weighted by Gasteiger charge is 2.24. The maximum Gasteiger partial charge on any atom is 0.0359 e. The number of anilines is 1. The second-order valence-corrected chi connectivity index (χ2v) is 5.44. The van der Waals surface area contributed by atoms with E-state index in [0.29, 0.717) is 0 Å². The van der Waals surface area contributed by atoms with Crippen LogP contribution in [0.4, 0.5) is 5.69 Å². The monoisotopic (exact) mass is 232 g/mol. The van der Waals surface area contributed by atoms with Crippen LogP contribution in [-0.4, -0.2) is 18.0 Å². The molecule has 0 heterocycles. The van der Waals surface area contributed by atoms with Gasteiger partial charge in [-0.1, -0.05) is 38.0 Å². The third kappa shape index (κ3) is 3.01. The Morgan fingerprint density at radius 2 is 1.94 bits per heavy atom. The molecule has 2 atom stereocenters. The van der Waals surface area contributed by atoms with Gasteiger partial charge in [0, 0.05) is 18.3 Å². The quantitative estimate of drug-likeness (QED) is 0.810. The van der Waals surface area contributed by atoms with E-state index in [9.17, 15) is 0 Å². The smallest absolute Gasteiger partial charge is 0.0359 e. The predicted octanol–water partition coefficient (Wildman–Crippen LogP) is 3.28. The van der Waals surface area contributed by atoms with Crippen LogP contribution in [0.3, 0.4) is 0 Å². The van der Waals surface area contributed by atoms with Gasteiger partial charge in [0.15, 0.2) is 0 Å². The van der Waals surface area contributed by atoms with Gasteiger partial charge in [0.05, 0.1) is 0 Å². The standard InChI is InChI=1S/C15H24N2/c1-12-7-3-6-10-15(12)17(2)11-13-8-4-5-9-14(13)16/h4-5,8-9,12,15H,3,6-7,10-11,16H2,1-2H3. The molecule has 0 spiro atoms. The average molecular weight is 232 g/mol. The van der Waals surface area contributed by atoms with E-state index in [0.717, 1.165) is 24.2 Å². The minimum absolute atomic E-state index is 0.725. The summed E-state index contributed by atoms with van der Waals surface area (Å²) in [6.07, 6.45) is 5.49. The third-order valence-electron chi connectivity index (χ3n) is 4.11. The summed E-state index contributed by atoms with van der Waals surface area (Å²) < 4.78 is 0. The van der Waals surface area contributed by atoms with Gasteiger partial charge in [0.1, 0.15) is 0 Å². The van der Waals surface area contributed by atoms with Gasteiger partial charge in [-0.15, -0.1) is 0 Å². The molecular formula is C15H24N2. The summed E-state index contributed by atoms with van der Waals surface area (Å²) in [6, 6.07) is 8.93. The van der Waals surface area contributed by atoms with Gasteiger partial charge in [-0.25, -0.2) is 0 Å². The zero-order valence-electron chi connectivity index (χ0n) is 11.0. The molecular weight excluding hydrogens is 208 g/mol. The fourth-order valence-corrected chi connectivity index (χ4v) is 3.02. The molecule has 1 aliphatic rings. The van der Waals surface area contributed by atoms with Crippen LogP contribution >= 0.6 is 0 Å². The second-order valence-electron chi connectivity index (χ2n) is 5.44. The normalized spacial score (nSPS) is 25.1. The van der Waals surface area contributed by atoms with Gasteiger partial charge in [-0.05, 0) is 37.4 Å². The molecule has 2 heteroatoms. The first-order valence-electron chi connectivity index (χ1n) is 6.72. The highest BCUT2D eigenvalue weighted by Crippen LogP contribution is 2.28. The Morgan fingerprint density at radius 1 is 1.24 bits per heavy atom. The van der Waals surface area contributed by atoms with Crippen LogP contribution in [0.2, 0.25) is 0 Å². The molecule has 0 aliphatic heterocycles. The molecule has 0 bridgehead atoms. The zero-order chi connectivity index (χ0) is 12.3. The molecule has 0 aromatic heterocycles. The van der Waals surface area contributed by atoms with Crippen molar-refractivity contribution in [3.8, 4) is 0 Å². The summed E-state index contributed by atoms with van der Waals surface area (Å²) in [4.78, 5) is 2.48. The molecule has 17 heavy (non-hydrogen) atoms. The number of hydrogen-bond donors (Lipinski definition) is 1. The van der Waals surface area contributed by atoms with Gasteiger partial charge in [0.2, 0.25) is 0 Å². The Hall–Kier alpha value is -1.02. The number of nitrogens with zero attached hydrogens (tertiary/aromatic N) is 1. The zero-order valence-corrected chi connectivity index (χ0v) is 11.0. The highest BCUT2D eigenvalue weighted by molar-refractivity contribution is 5.46. The SMILES string of the molecule is CC1CCCCC1N(C)Cc1ccccc1N. The van der Waals surface area contributed by atoms with Gasteiger partial charge in [-0.3, -0.25) is 4.90 Å². The van der Waals surface area contributed by atoms with E-state index in [2.05, 4.69) is 31.0 Å². The molecule has 1 aromatic carbocycles. The maximum atomic E-state index is 6.01. The molecule has 2 nitrogen and oxygen atoms in total. The molecule has 2 unspecified atom stereocenters. The first-order valence-corrected chi connectivity index (χ1v) is 6.72. The molecule has 1 aromatic rings. The Balaban J connectivity index is 2.01. The maximum absolute atomic E-state index is 6.01. The van der Waals surface area contributed by atoms with E-state index >= 15 is 0 Å². The van der Waals surface area contributed by atoms with E-state index in [-0.39, 0.29) is 0 Å². The van der Waals surface area contributed by atoms with Gasteiger partial charge in [0.25, 0.3) is 0 Å². The molecule has 94 valence electrons. The first-order chi connectivity index (χ1) is 8.18. The minimum Gasteiger partial charge on any atom is -0.398 e. The molecule has 1 aliphatic carbocycles. The molecule has 1 fully saturated rings. The Labute approximate surface area is 105 Å². The van der Waals surface area contributed by atoms with E-state index in [1.165, 1.54) is 31.2 Å². The molecule has 0 radical (unpaired) electrons. The molecule has 2 N–H and O–H groups in total. The number of hydrogen-bond acceptors (Lipinski definition) is 2. The van der Waals surface area contributed by atoms with E-state index in [4.69, 9.17) is 5.73 Å². The lowest BCUT2D eigenvalue weighted by atomic mass is 9.85. The summed E-state index contributed by atoms with van der Waals surface area (Å²) in [6.45, 7) is 3.36. The van der Waals surface area contributed by atoms with Crippen molar-refractivity contribution in [2.45, 2.75) is 45.2 Å². The number of rotatable bonds is 3. The molecule has 0 saturated heterocycles. The summed E-state index contributed by atoms with van der Waals surface area (Å²) >= 11 is 0. The largest absolute Gasteiger partial charge is 0.398 e. The van der Waals surface area contributed by atoms with Gasteiger partial charge >= 0.3 is 0 Å². The minimum atomic E-state index is 0.725. The van der Waals surface area contributed by atoms with Crippen molar-refractivity contribution in [2.24, 2.45) is 5.92 Å². The number of benzene rings is 1. The summed E-state index contributed by atoms with van der Waals surface area (Å²) in [5.41, 5.74) is 8.18. The molecule has 2 rings (SSSR count). The van der Waals surface area contributed by atoms with Crippen molar-refractivity contribution >= 4 is 5.69 Å². The number of nitrogen functional groups attached to an aromatic ring is 1. The number of para-hydroxylation sites is 1. The van der Waals surface area contributed by atoms with Crippen molar-refractivity contribution in [1.29, 1.82) is 0 Å². The Kier molecular flexibility index (Phi) is 4.06. The second kappa shape index (κ2) is 5.54. The van der Waals surface area contributed by atoms with Crippen molar-refractivity contribution in [3.63, 3.8) is 0 Å². The summed E-state index contributed by atoms with van der Waals surface area (Å²) in [5, 5.41) is 0. The van der Waals surface area contributed by atoms with Crippen LogP contribution in [-0.2, 0) is 6.54 Å². The van der Waals surface area contributed by atoms with Crippen LogP contribution in [0.5, 0.6) is 0 Å². The van der Waals surface area contributed by atoms with Crippen LogP contribution in [0.25, 0.3) is 0 Å². The van der Waals surface area contributed by atoms with Crippen LogP contribution in [0.1, 0.15) is 38.2 Å². The van der Waals surface area contributed by atoms with Crippen molar-refractivity contribution in [3.05, 3.63) is 29.8 Å². The number of nitrogens with two attached hydrogens (primary N) is 1. The van der Waals surface area contributed by atoms with Crippen molar-refractivity contribution < 1.29 is 0 Å². The van der Waals surface area contributed by atoms with Crippen molar-refractivity contribution in [1.82, 2.24) is 4.90 Å². The topological polar surface area (TPSA) is 29.3 Å². The van der Waals surface area contributed by atoms with Crippen LogP contribution in [0, 0.1) is 5.92 Å². The lowest BCUT2D eigenvalue weighted by molar-refractivity contribution is 0.133. The predicted molar refractivity (Wildman–Crippen MR) is 73.7 cm³/mol. The van der Waals surface area contributed by atoms with E-state index < -0.39 is 0 Å². The fraction of sp³-hybridized carbons (Fsp3) is 0.600. The van der Waals surface area contributed by atoms with E-state index in [1.807, 2.05) is 12.1 Å². The van der Waals surface area contributed by atoms with Gasteiger partial charge < -0.3 is 5.73 Å². The molecule has 1 saturated carbocycles. The average Bonchev–Trinajstić information content (AvgIpc) is 2.32. The Bertz CT molecular complexity index is 362. The van der Waals surface area contributed by atoms with Gasteiger partial charge in [-0.2, -0.15) is 0 Å². The first kappa shape index (κ1) is 12.4. The van der Waals surface area contributed by atoms with Crippen LogP contribution in [0.15, 0.2) is 24.3 Å². The Morgan fingerprint density at radius 3 is 2.65 bits per heavy atom. The lowest BCUT2D eigenvalue weighted by Gasteiger charge is -2.36. The highest BCUT2D eigenvalue weighted by atomic mass is 15.1. The molecule has 0 amide bonds. The van der Waals surface area contributed by atoms with E-state index in [1.54, 1.807) is 0 Å². The summed E-state index contributed by atoms with van der Waals surface area (Å²) in [7, 11) is 2.24.